The van der Waals surface area contributed by atoms with Crippen molar-refractivity contribution in [3.63, 3.8) is 0 Å². The lowest BCUT2D eigenvalue weighted by molar-refractivity contribution is 0.112. The number of carbonyl (C=O) groups excluding carboxylic acids is 1. The maximum Gasteiger partial charge on any atom is 0.204 e. The molecule has 5 heteroatoms. The molecule has 1 aromatic carbocycles. The van der Waals surface area contributed by atoms with Crippen molar-refractivity contribution in [3.05, 3.63) is 24.0 Å². The van der Waals surface area contributed by atoms with Crippen LogP contribution in [-0.2, 0) is 0 Å². The van der Waals surface area contributed by atoms with Crippen molar-refractivity contribution in [1.82, 2.24) is 4.98 Å². The summed E-state index contributed by atoms with van der Waals surface area (Å²) in [7, 11) is 4.52. The van der Waals surface area contributed by atoms with E-state index in [1.807, 2.05) is 0 Å². The first-order chi connectivity index (χ1) is 8.78. The number of hydrogen-bond acceptors (Lipinski definition) is 5. The zero-order valence-electron chi connectivity index (χ0n) is 10.4. The fourth-order valence-electron chi connectivity index (χ4n) is 1.98. The molecule has 0 saturated heterocycles. The van der Waals surface area contributed by atoms with E-state index in [-0.39, 0.29) is 0 Å². The molecule has 0 N–H and O–H groups in total. The predicted molar refractivity (Wildman–Crippen MR) is 66.8 cm³/mol. The molecule has 0 radical (unpaired) electrons. The van der Waals surface area contributed by atoms with E-state index < -0.39 is 0 Å². The van der Waals surface area contributed by atoms with E-state index in [0.717, 1.165) is 11.7 Å². The fraction of sp³-hybridized carbons (Fsp3) is 0.231. The largest absolute Gasteiger partial charge is 0.492 e. The Hall–Kier alpha value is -2.30. The molecule has 0 aliphatic rings. The molecule has 0 saturated carbocycles. The van der Waals surface area contributed by atoms with Gasteiger partial charge in [-0.3, -0.25) is 9.78 Å². The smallest absolute Gasteiger partial charge is 0.204 e. The molecule has 1 heterocycles. The van der Waals surface area contributed by atoms with E-state index in [0.29, 0.717) is 28.2 Å². The average molecular weight is 247 g/mol. The van der Waals surface area contributed by atoms with Gasteiger partial charge in [0.05, 0.1) is 26.9 Å². The number of carbonyl (C=O) groups is 1. The number of nitrogens with zero attached hydrogens (tertiary/aromatic N) is 1. The van der Waals surface area contributed by atoms with Crippen molar-refractivity contribution < 1.29 is 19.0 Å². The first-order valence-corrected chi connectivity index (χ1v) is 5.29. The molecule has 0 aliphatic heterocycles. The fourth-order valence-corrected chi connectivity index (χ4v) is 1.98. The number of ether oxygens (including phenoxy) is 3. The number of aldehydes is 1. The van der Waals surface area contributed by atoms with Crippen molar-refractivity contribution in [2.75, 3.05) is 21.3 Å². The van der Waals surface area contributed by atoms with Gasteiger partial charge in [-0.1, -0.05) is 0 Å². The molecule has 0 bridgehead atoms. The number of benzene rings is 1. The van der Waals surface area contributed by atoms with Gasteiger partial charge in [-0.15, -0.1) is 0 Å². The standard InChI is InChI=1S/C13H13NO4/c1-16-11-8-4-5-14-6-9(8)10(7-15)12(17-2)13(11)18-3/h4-7H,1-3H3. The summed E-state index contributed by atoms with van der Waals surface area (Å²) >= 11 is 0. The minimum absolute atomic E-state index is 0.352. The Balaban J connectivity index is 2.99. The van der Waals surface area contributed by atoms with Crippen LogP contribution >= 0.6 is 0 Å². The predicted octanol–water partition coefficient (Wildman–Crippen LogP) is 2.07. The van der Waals surface area contributed by atoms with Crippen LogP contribution in [0.5, 0.6) is 17.2 Å². The summed E-state index contributed by atoms with van der Waals surface area (Å²) in [6.07, 6.45) is 3.96. The molecular weight excluding hydrogens is 234 g/mol. The number of pyridine rings is 1. The summed E-state index contributed by atoms with van der Waals surface area (Å²) in [4.78, 5) is 15.3. The lowest BCUT2D eigenvalue weighted by Crippen LogP contribution is -2.00. The number of rotatable bonds is 4. The van der Waals surface area contributed by atoms with E-state index in [1.54, 1.807) is 18.5 Å². The van der Waals surface area contributed by atoms with Crippen molar-refractivity contribution in [2.45, 2.75) is 0 Å². The minimum Gasteiger partial charge on any atom is -0.492 e. The minimum atomic E-state index is 0.352. The van der Waals surface area contributed by atoms with Gasteiger partial charge in [-0.2, -0.15) is 0 Å². The van der Waals surface area contributed by atoms with Crippen LogP contribution in [-0.4, -0.2) is 32.6 Å². The number of methoxy groups -OCH3 is 3. The van der Waals surface area contributed by atoms with E-state index in [1.165, 1.54) is 21.3 Å². The SMILES string of the molecule is COc1c(OC)c(OC)c2ccncc2c1C=O. The van der Waals surface area contributed by atoms with Crippen LogP contribution in [0.15, 0.2) is 18.5 Å². The van der Waals surface area contributed by atoms with Gasteiger partial charge in [0.2, 0.25) is 5.75 Å². The van der Waals surface area contributed by atoms with E-state index in [2.05, 4.69) is 4.98 Å². The molecule has 0 fully saturated rings. The highest BCUT2D eigenvalue weighted by Crippen LogP contribution is 2.45. The van der Waals surface area contributed by atoms with Crippen LogP contribution in [0.25, 0.3) is 10.8 Å². The molecule has 2 rings (SSSR count). The second kappa shape index (κ2) is 4.91. The van der Waals surface area contributed by atoms with Gasteiger partial charge in [0.25, 0.3) is 0 Å². The molecule has 0 aliphatic carbocycles. The van der Waals surface area contributed by atoms with Crippen LogP contribution in [0, 0.1) is 0 Å². The van der Waals surface area contributed by atoms with Crippen LogP contribution in [0.4, 0.5) is 0 Å². The summed E-state index contributed by atoms with van der Waals surface area (Å²) in [5, 5.41) is 1.43. The van der Waals surface area contributed by atoms with Crippen LogP contribution < -0.4 is 14.2 Å². The Bertz CT molecular complexity index is 595. The lowest BCUT2D eigenvalue weighted by Gasteiger charge is -2.16. The topological polar surface area (TPSA) is 57.6 Å². The third-order valence-electron chi connectivity index (χ3n) is 2.74. The Kier molecular flexibility index (Phi) is 3.32. The van der Waals surface area contributed by atoms with Gasteiger partial charge in [-0.25, -0.2) is 0 Å². The molecule has 0 spiro atoms. The van der Waals surface area contributed by atoms with E-state index in [4.69, 9.17) is 14.2 Å². The van der Waals surface area contributed by atoms with Crippen LogP contribution in [0.1, 0.15) is 10.4 Å². The number of fused-ring (bicyclic) bond motifs is 1. The average Bonchev–Trinajstić information content (AvgIpc) is 2.44. The third kappa shape index (κ3) is 1.64. The molecule has 0 unspecified atom stereocenters. The first-order valence-electron chi connectivity index (χ1n) is 5.29. The zero-order chi connectivity index (χ0) is 13.1. The summed E-state index contributed by atoms with van der Waals surface area (Å²) < 4.78 is 15.9. The second-order valence-electron chi connectivity index (χ2n) is 3.55. The van der Waals surface area contributed by atoms with Gasteiger partial charge >= 0.3 is 0 Å². The molecule has 5 nitrogen and oxygen atoms in total. The van der Waals surface area contributed by atoms with E-state index in [9.17, 15) is 4.79 Å². The molecule has 94 valence electrons. The highest BCUT2D eigenvalue weighted by molar-refractivity contribution is 6.05. The van der Waals surface area contributed by atoms with Crippen molar-refractivity contribution in [1.29, 1.82) is 0 Å². The highest BCUT2D eigenvalue weighted by atomic mass is 16.5. The summed E-state index contributed by atoms with van der Waals surface area (Å²) in [6.45, 7) is 0. The maximum atomic E-state index is 11.3. The summed E-state index contributed by atoms with van der Waals surface area (Å²) in [5.74, 6) is 1.28. The summed E-state index contributed by atoms with van der Waals surface area (Å²) in [6, 6.07) is 1.77. The zero-order valence-corrected chi connectivity index (χ0v) is 10.4. The normalized spacial score (nSPS) is 10.2. The monoisotopic (exact) mass is 247 g/mol. The Morgan fingerprint density at radius 2 is 1.67 bits per heavy atom. The molecular formula is C13H13NO4. The molecule has 1 aromatic heterocycles. The quantitative estimate of drug-likeness (QED) is 0.774. The van der Waals surface area contributed by atoms with Crippen LogP contribution in [0.3, 0.4) is 0 Å². The van der Waals surface area contributed by atoms with Crippen LogP contribution in [0.2, 0.25) is 0 Å². The van der Waals surface area contributed by atoms with E-state index >= 15 is 0 Å². The molecule has 18 heavy (non-hydrogen) atoms. The van der Waals surface area contributed by atoms with Gasteiger partial charge in [0, 0.05) is 23.2 Å². The molecule has 2 aromatic rings. The van der Waals surface area contributed by atoms with Gasteiger partial charge < -0.3 is 14.2 Å². The van der Waals surface area contributed by atoms with Crippen molar-refractivity contribution in [2.24, 2.45) is 0 Å². The van der Waals surface area contributed by atoms with Gasteiger partial charge in [0.15, 0.2) is 17.8 Å². The molecule has 0 atom stereocenters. The van der Waals surface area contributed by atoms with Crippen molar-refractivity contribution >= 4 is 17.1 Å². The number of aromatic nitrogens is 1. The van der Waals surface area contributed by atoms with Gasteiger partial charge in [0.1, 0.15) is 0 Å². The Morgan fingerprint density at radius 3 is 2.22 bits per heavy atom. The third-order valence-corrected chi connectivity index (χ3v) is 2.74. The first kappa shape index (κ1) is 12.2. The second-order valence-corrected chi connectivity index (χ2v) is 3.55. The maximum absolute atomic E-state index is 11.3. The summed E-state index contributed by atoms with van der Waals surface area (Å²) in [5.41, 5.74) is 0.401. The number of hydrogen-bond donors (Lipinski definition) is 0. The Morgan fingerprint density at radius 1 is 1.00 bits per heavy atom. The Labute approximate surface area is 104 Å². The van der Waals surface area contributed by atoms with Crippen molar-refractivity contribution in [3.8, 4) is 17.2 Å². The van der Waals surface area contributed by atoms with Gasteiger partial charge in [-0.05, 0) is 6.07 Å². The lowest BCUT2D eigenvalue weighted by atomic mass is 10.0. The highest BCUT2D eigenvalue weighted by Gasteiger charge is 2.21. The molecule has 0 amide bonds.